The molecule has 0 radical (unpaired) electrons. The van der Waals surface area contributed by atoms with Gasteiger partial charge in [-0.25, -0.2) is 8.42 Å². The minimum absolute atomic E-state index is 0.0948. The van der Waals surface area contributed by atoms with Crippen LogP contribution in [0.25, 0.3) is 0 Å². The Labute approximate surface area is 220 Å². The van der Waals surface area contributed by atoms with E-state index in [1.54, 1.807) is 25.1 Å². The summed E-state index contributed by atoms with van der Waals surface area (Å²) in [5, 5.41) is 3.52. The molecule has 2 aromatic rings. The summed E-state index contributed by atoms with van der Waals surface area (Å²) in [7, 11) is -3.54. The van der Waals surface area contributed by atoms with E-state index in [1.165, 1.54) is 9.21 Å². The summed E-state index contributed by atoms with van der Waals surface area (Å²) < 4.78 is 26.3. The van der Waals surface area contributed by atoms with E-state index in [0.29, 0.717) is 17.1 Å². The lowest BCUT2D eigenvalue weighted by Crippen LogP contribution is -2.52. The quantitative estimate of drug-likeness (QED) is 0.472. The zero-order valence-electron chi connectivity index (χ0n) is 22.3. The molecule has 0 aliphatic carbocycles. The summed E-state index contributed by atoms with van der Waals surface area (Å²) >= 11 is 6.00. The molecule has 0 heterocycles. The lowest BCUT2D eigenvalue weighted by atomic mass is 10.1. The number of nitrogens with one attached hydrogen (secondary N) is 1. The number of rotatable bonds is 10. The van der Waals surface area contributed by atoms with E-state index < -0.39 is 21.6 Å². The lowest BCUT2D eigenvalue weighted by molar-refractivity contribution is -0.141. The highest BCUT2D eigenvalue weighted by Crippen LogP contribution is 2.22. The maximum Gasteiger partial charge on any atom is 0.242 e. The van der Waals surface area contributed by atoms with E-state index in [-0.39, 0.29) is 31.3 Å². The molecule has 2 amide bonds. The van der Waals surface area contributed by atoms with E-state index in [9.17, 15) is 18.0 Å². The summed E-state index contributed by atoms with van der Waals surface area (Å²) in [5.74, 6) is -0.479. The summed E-state index contributed by atoms with van der Waals surface area (Å²) in [5.41, 5.74) is 3.04. The lowest BCUT2D eigenvalue weighted by Gasteiger charge is -2.32. The normalized spacial score (nSPS) is 12.7. The monoisotopic (exact) mass is 535 g/mol. The predicted octanol–water partition coefficient (Wildman–Crippen LogP) is 4.84. The van der Waals surface area contributed by atoms with Crippen molar-refractivity contribution in [2.45, 2.75) is 72.5 Å². The van der Waals surface area contributed by atoms with Gasteiger partial charge in [-0.3, -0.25) is 13.9 Å². The maximum absolute atomic E-state index is 13.3. The van der Waals surface area contributed by atoms with Gasteiger partial charge < -0.3 is 10.2 Å². The molecule has 0 spiro atoms. The number of amides is 2. The molecule has 0 aromatic heterocycles. The average molecular weight is 536 g/mol. The third-order valence-corrected chi connectivity index (χ3v) is 7.31. The fraction of sp³-hybridized carbons (Fsp3) is 0.481. The van der Waals surface area contributed by atoms with Crippen molar-refractivity contribution in [2.75, 3.05) is 17.1 Å². The molecule has 36 heavy (non-hydrogen) atoms. The van der Waals surface area contributed by atoms with Crippen LogP contribution in [0.1, 0.15) is 57.2 Å². The molecule has 1 atom stereocenters. The van der Waals surface area contributed by atoms with Crippen molar-refractivity contribution in [1.29, 1.82) is 0 Å². The molecule has 1 N–H and O–H groups in total. The summed E-state index contributed by atoms with van der Waals surface area (Å²) in [6.07, 6.45) is 1.57. The van der Waals surface area contributed by atoms with Crippen molar-refractivity contribution in [3.05, 3.63) is 64.2 Å². The van der Waals surface area contributed by atoms with Crippen molar-refractivity contribution in [1.82, 2.24) is 10.2 Å². The molecule has 0 saturated heterocycles. The Kier molecular flexibility index (Phi) is 9.97. The zero-order valence-corrected chi connectivity index (χ0v) is 23.8. The Bertz CT molecular complexity index is 1170. The second kappa shape index (κ2) is 12.1. The second-order valence-electron chi connectivity index (χ2n) is 10.3. The van der Waals surface area contributed by atoms with Crippen LogP contribution in [-0.2, 0) is 26.2 Å². The summed E-state index contributed by atoms with van der Waals surface area (Å²) in [4.78, 5) is 27.8. The Morgan fingerprint density at radius 2 is 1.64 bits per heavy atom. The van der Waals surface area contributed by atoms with Gasteiger partial charge in [0.1, 0.15) is 6.04 Å². The van der Waals surface area contributed by atoms with E-state index in [2.05, 4.69) is 5.32 Å². The molecule has 2 aromatic carbocycles. The number of benzene rings is 2. The molecule has 198 valence electrons. The zero-order chi connectivity index (χ0) is 27.3. The number of sulfonamides is 1. The van der Waals surface area contributed by atoms with Gasteiger partial charge in [0.15, 0.2) is 0 Å². The largest absolute Gasteiger partial charge is 0.350 e. The molecule has 2 rings (SSSR count). The number of halogens is 1. The number of hydrogen-bond acceptors (Lipinski definition) is 4. The van der Waals surface area contributed by atoms with Crippen LogP contribution in [0.3, 0.4) is 0 Å². The van der Waals surface area contributed by atoms with Crippen LogP contribution in [0.15, 0.2) is 42.5 Å². The summed E-state index contributed by atoms with van der Waals surface area (Å²) in [6.45, 7) is 11.6. The van der Waals surface area contributed by atoms with Crippen LogP contribution in [0, 0.1) is 13.8 Å². The first-order valence-electron chi connectivity index (χ1n) is 12.0. The standard InChI is InChI=1S/C27H38ClN3O4S/c1-19-10-15-24(17-20(19)2)31(36(7,34)35)16-8-9-25(32)30(18-22-11-13-23(28)14-12-22)21(3)26(33)29-27(4,5)6/h10-15,17,21H,8-9,16,18H2,1-7H3,(H,29,33)/t21-/m1/s1. The van der Waals surface area contributed by atoms with Gasteiger partial charge in [0.25, 0.3) is 0 Å². The molecule has 0 saturated carbocycles. The molecular formula is C27H38ClN3O4S. The Morgan fingerprint density at radius 3 is 2.17 bits per heavy atom. The third kappa shape index (κ3) is 8.82. The van der Waals surface area contributed by atoms with Gasteiger partial charge in [-0.1, -0.05) is 29.8 Å². The van der Waals surface area contributed by atoms with E-state index in [1.807, 2.05) is 58.9 Å². The van der Waals surface area contributed by atoms with Crippen molar-refractivity contribution >= 4 is 39.1 Å². The van der Waals surface area contributed by atoms with Gasteiger partial charge in [-0.05, 0) is 88.9 Å². The average Bonchev–Trinajstić information content (AvgIpc) is 2.75. The first kappa shape index (κ1) is 29.6. The maximum atomic E-state index is 13.3. The molecule has 0 aliphatic heterocycles. The number of nitrogens with zero attached hydrogens (tertiary/aromatic N) is 2. The van der Waals surface area contributed by atoms with Gasteiger partial charge in [-0.15, -0.1) is 0 Å². The first-order valence-corrected chi connectivity index (χ1v) is 14.2. The smallest absolute Gasteiger partial charge is 0.242 e. The molecule has 9 heteroatoms. The van der Waals surface area contributed by atoms with Gasteiger partial charge in [0.2, 0.25) is 21.8 Å². The summed E-state index contributed by atoms with van der Waals surface area (Å²) in [6, 6.07) is 11.9. The van der Waals surface area contributed by atoms with Gasteiger partial charge in [0.05, 0.1) is 11.9 Å². The van der Waals surface area contributed by atoms with E-state index in [0.717, 1.165) is 22.9 Å². The Balaban J connectivity index is 2.20. The number of carbonyl (C=O) groups excluding carboxylic acids is 2. The van der Waals surface area contributed by atoms with Crippen LogP contribution < -0.4 is 9.62 Å². The Morgan fingerprint density at radius 1 is 1.03 bits per heavy atom. The van der Waals surface area contributed by atoms with Crippen molar-refractivity contribution in [3.63, 3.8) is 0 Å². The van der Waals surface area contributed by atoms with Crippen LogP contribution in [0.2, 0.25) is 5.02 Å². The fourth-order valence-electron chi connectivity index (χ4n) is 3.73. The van der Waals surface area contributed by atoms with Crippen LogP contribution in [0.5, 0.6) is 0 Å². The van der Waals surface area contributed by atoms with Crippen LogP contribution >= 0.6 is 11.6 Å². The highest BCUT2D eigenvalue weighted by atomic mass is 35.5. The molecule has 0 unspecified atom stereocenters. The topological polar surface area (TPSA) is 86.8 Å². The van der Waals surface area contributed by atoms with Gasteiger partial charge in [0, 0.05) is 30.1 Å². The van der Waals surface area contributed by atoms with E-state index >= 15 is 0 Å². The number of carbonyl (C=O) groups is 2. The highest BCUT2D eigenvalue weighted by Gasteiger charge is 2.28. The fourth-order valence-corrected chi connectivity index (χ4v) is 4.81. The van der Waals surface area contributed by atoms with Crippen LogP contribution in [-0.4, -0.2) is 49.5 Å². The molecule has 0 aliphatic rings. The van der Waals surface area contributed by atoms with Crippen molar-refractivity contribution < 1.29 is 18.0 Å². The van der Waals surface area contributed by atoms with Crippen LogP contribution in [0.4, 0.5) is 5.69 Å². The first-order chi connectivity index (χ1) is 16.6. The SMILES string of the molecule is Cc1ccc(N(CCCC(=O)N(Cc2ccc(Cl)cc2)[C@H](C)C(=O)NC(C)(C)C)S(C)(=O)=O)cc1C. The predicted molar refractivity (Wildman–Crippen MR) is 147 cm³/mol. The van der Waals surface area contributed by atoms with Crippen molar-refractivity contribution in [2.24, 2.45) is 0 Å². The van der Waals surface area contributed by atoms with E-state index in [4.69, 9.17) is 11.6 Å². The number of hydrogen-bond donors (Lipinski definition) is 1. The molecule has 7 nitrogen and oxygen atoms in total. The third-order valence-electron chi connectivity index (χ3n) is 5.86. The molecule has 0 fully saturated rings. The second-order valence-corrected chi connectivity index (χ2v) is 12.6. The van der Waals surface area contributed by atoms with Crippen molar-refractivity contribution in [3.8, 4) is 0 Å². The van der Waals surface area contributed by atoms with Gasteiger partial charge in [-0.2, -0.15) is 0 Å². The molecular weight excluding hydrogens is 498 g/mol. The number of anilines is 1. The minimum Gasteiger partial charge on any atom is -0.350 e. The number of aryl methyl sites for hydroxylation is 2. The highest BCUT2D eigenvalue weighted by molar-refractivity contribution is 7.92. The minimum atomic E-state index is -3.54. The Hall–Kier alpha value is -2.58. The molecule has 0 bridgehead atoms. The van der Waals surface area contributed by atoms with Gasteiger partial charge >= 0.3 is 0 Å².